The van der Waals surface area contributed by atoms with Crippen LogP contribution in [0.5, 0.6) is 0 Å². The first kappa shape index (κ1) is 17.7. The molecule has 4 nitrogen and oxygen atoms in total. The summed E-state index contributed by atoms with van der Waals surface area (Å²) in [7, 11) is 0. The van der Waals surface area contributed by atoms with Gasteiger partial charge in [0.2, 0.25) is 0 Å². The van der Waals surface area contributed by atoms with Gasteiger partial charge in [0, 0.05) is 17.5 Å². The van der Waals surface area contributed by atoms with E-state index in [1.165, 1.54) is 22.0 Å². The Kier molecular flexibility index (Phi) is 5.01. The van der Waals surface area contributed by atoms with Gasteiger partial charge in [-0.05, 0) is 36.1 Å². The van der Waals surface area contributed by atoms with E-state index in [2.05, 4.69) is 70.2 Å². The van der Waals surface area contributed by atoms with Gasteiger partial charge in [-0.25, -0.2) is 0 Å². The summed E-state index contributed by atoms with van der Waals surface area (Å²) in [5.74, 6) is 0. The summed E-state index contributed by atoms with van der Waals surface area (Å²) in [6, 6.07) is 24.8. The number of benzene rings is 3. The molecule has 2 aromatic carbocycles. The summed E-state index contributed by atoms with van der Waals surface area (Å²) in [4.78, 5) is 0. The van der Waals surface area contributed by atoms with E-state index < -0.39 is 0 Å². The molecule has 0 fully saturated rings. The van der Waals surface area contributed by atoms with Crippen LogP contribution >= 0.6 is 0 Å². The predicted octanol–water partition coefficient (Wildman–Crippen LogP) is 2.11. The second-order valence-electron chi connectivity index (χ2n) is 5.90. The highest BCUT2D eigenvalue weighted by Gasteiger charge is 2.17. The number of nitrogens with zero attached hydrogens (tertiary/aromatic N) is 4. The van der Waals surface area contributed by atoms with Gasteiger partial charge in [0.1, 0.15) is 0 Å². The van der Waals surface area contributed by atoms with Crippen LogP contribution in [-0.4, -0.2) is 4.57 Å². The molecule has 0 atom stereocenters. The fraction of sp³-hybridized carbons (Fsp3) is 0.0952. The summed E-state index contributed by atoms with van der Waals surface area (Å²) in [6.07, 6.45) is 0. The van der Waals surface area contributed by atoms with Gasteiger partial charge in [0.15, 0.2) is 10.5 Å². The second-order valence-corrected chi connectivity index (χ2v) is 5.90. The Morgan fingerprint density at radius 2 is 1.62 bits per heavy atom. The second kappa shape index (κ2) is 7.38. The maximum absolute atomic E-state index is 8.77. The first-order chi connectivity index (χ1) is 12.3. The molecule has 2 aromatic rings. The van der Waals surface area contributed by atoms with Crippen LogP contribution in [0.3, 0.4) is 0 Å². The molecule has 26 heavy (non-hydrogen) atoms. The summed E-state index contributed by atoms with van der Waals surface area (Å²) in [6.45, 7) is 2.96. The molecule has 1 heterocycles. The van der Waals surface area contributed by atoms with Gasteiger partial charge >= 0.3 is 5.08 Å². The molecule has 0 saturated carbocycles. The minimum Gasteiger partial charge on any atom is -1.00 e. The Morgan fingerprint density at radius 3 is 2.31 bits per heavy atom. The van der Waals surface area contributed by atoms with Crippen molar-refractivity contribution in [3.05, 3.63) is 83.2 Å². The first-order valence-corrected chi connectivity index (χ1v) is 8.32. The normalized spacial score (nSPS) is 11.3. The molecule has 4 rings (SSSR count). The molecule has 0 spiro atoms. The van der Waals surface area contributed by atoms with Crippen LogP contribution in [0.15, 0.2) is 77.9 Å². The predicted molar refractivity (Wildman–Crippen MR) is 100 cm³/mol. The van der Waals surface area contributed by atoms with E-state index in [1.54, 1.807) is 0 Å². The largest absolute Gasteiger partial charge is 1.00 e. The third-order valence-corrected chi connectivity index (χ3v) is 4.54. The van der Waals surface area contributed by atoms with E-state index in [4.69, 9.17) is 5.39 Å². The van der Waals surface area contributed by atoms with Crippen molar-refractivity contribution in [2.24, 2.45) is 5.10 Å². The Bertz CT molecular complexity index is 1140. The Hall–Kier alpha value is -3.16. The number of aromatic nitrogens is 1. The fourth-order valence-electron chi connectivity index (χ4n) is 3.51. The van der Waals surface area contributed by atoms with E-state index >= 15 is 0 Å². The lowest BCUT2D eigenvalue weighted by atomic mass is 9.95. The SMILES string of the molecule is CCn1c2cc(=N[N+]#N)ccc-2c2ccccc2c1-c1ccccc1.[Cl-]. The van der Waals surface area contributed by atoms with Gasteiger partial charge in [-0.3, -0.25) is 0 Å². The zero-order chi connectivity index (χ0) is 17.2. The smallest absolute Gasteiger partial charge is 0.339 e. The summed E-state index contributed by atoms with van der Waals surface area (Å²) in [5, 5.41) is 18.5. The molecule has 0 bridgehead atoms. The average Bonchev–Trinajstić information content (AvgIpc) is 2.67. The highest BCUT2D eigenvalue weighted by molar-refractivity contribution is 6.04. The third-order valence-electron chi connectivity index (χ3n) is 4.54. The van der Waals surface area contributed by atoms with Gasteiger partial charge in [0.25, 0.3) is 5.39 Å². The lowest BCUT2D eigenvalue weighted by Gasteiger charge is -2.23. The molecule has 0 N–H and O–H groups in total. The van der Waals surface area contributed by atoms with Gasteiger partial charge in [-0.15, -0.1) is 0 Å². The van der Waals surface area contributed by atoms with E-state index in [0.717, 1.165) is 17.8 Å². The standard InChI is InChI=1S/C21H17N4.ClH/c1-2-25-20-14-16(23-24-22)12-13-18(20)17-10-6-7-11-19(17)21(25)15-8-4-3-5-9-15;/h3-14H,2H2,1H3;1H/q+1;/p-1. The Labute approximate surface area is 157 Å². The third kappa shape index (κ3) is 2.83. The van der Waals surface area contributed by atoms with Gasteiger partial charge < -0.3 is 17.0 Å². The van der Waals surface area contributed by atoms with Crippen LogP contribution < -0.4 is 17.8 Å². The fourth-order valence-corrected chi connectivity index (χ4v) is 3.51. The summed E-state index contributed by atoms with van der Waals surface area (Å²) in [5.41, 5.74) is 4.60. The van der Waals surface area contributed by atoms with E-state index in [-0.39, 0.29) is 12.4 Å². The molecular formula is C21H17ClN4. The molecule has 0 radical (unpaired) electrons. The molecule has 1 aliphatic heterocycles. The topological polar surface area (TPSA) is 45.4 Å². The van der Waals surface area contributed by atoms with Crippen molar-refractivity contribution in [3.63, 3.8) is 0 Å². The number of diazo groups is 1. The average molecular weight is 361 g/mol. The van der Waals surface area contributed by atoms with Crippen molar-refractivity contribution < 1.29 is 12.4 Å². The lowest BCUT2D eigenvalue weighted by molar-refractivity contribution is -0.00000519. The van der Waals surface area contributed by atoms with Crippen molar-refractivity contribution in [2.45, 2.75) is 13.5 Å². The zero-order valence-corrected chi connectivity index (χ0v) is 15.1. The van der Waals surface area contributed by atoms with Crippen LogP contribution in [0.4, 0.5) is 0 Å². The van der Waals surface area contributed by atoms with Crippen LogP contribution in [0, 0.1) is 5.39 Å². The van der Waals surface area contributed by atoms with Crippen LogP contribution in [0.25, 0.3) is 38.4 Å². The molecule has 128 valence electrons. The molecule has 0 aromatic heterocycles. The summed E-state index contributed by atoms with van der Waals surface area (Å²) < 4.78 is 2.30. The number of rotatable bonds is 2. The van der Waals surface area contributed by atoms with Gasteiger partial charge in [0.05, 0.1) is 11.4 Å². The zero-order valence-electron chi connectivity index (χ0n) is 14.3. The molecular weight excluding hydrogens is 344 g/mol. The molecule has 2 aliphatic rings. The maximum atomic E-state index is 8.77. The molecule has 0 saturated heterocycles. The summed E-state index contributed by atoms with van der Waals surface area (Å²) >= 11 is 0. The van der Waals surface area contributed by atoms with E-state index in [0.29, 0.717) is 5.36 Å². The number of pyridine rings is 1. The first-order valence-electron chi connectivity index (χ1n) is 8.32. The number of hydrogen-bond acceptors (Lipinski definition) is 2. The van der Waals surface area contributed by atoms with Crippen LogP contribution in [-0.2, 0) is 6.54 Å². The monoisotopic (exact) mass is 360 g/mol. The number of fused-ring (bicyclic) bond motifs is 3. The van der Waals surface area contributed by atoms with Crippen molar-refractivity contribution in [1.82, 2.24) is 4.57 Å². The van der Waals surface area contributed by atoms with Gasteiger partial charge in [-0.1, -0.05) is 54.6 Å². The van der Waals surface area contributed by atoms with Crippen LogP contribution in [0.2, 0.25) is 0 Å². The molecule has 0 amide bonds. The molecule has 0 unspecified atom stereocenters. The minimum atomic E-state index is 0. The van der Waals surface area contributed by atoms with Crippen molar-refractivity contribution in [3.8, 4) is 22.5 Å². The van der Waals surface area contributed by atoms with Crippen molar-refractivity contribution >= 4 is 10.8 Å². The maximum Gasteiger partial charge on any atom is 0.339 e. The Balaban J connectivity index is 0.00000196. The van der Waals surface area contributed by atoms with Crippen molar-refractivity contribution in [2.75, 3.05) is 0 Å². The van der Waals surface area contributed by atoms with E-state index in [1.807, 2.05) is 24.3 Å². The molecule has 1 aliphatic carbocycles. The van der Waals surface area contributed by atoms with Crippen LogP contribution in [0.1, 0.15) is 6.92 Å². The highest BCUT2D eigenvalue weighted by Crippen LogP contribution is 2.37. The molecule has 5 heteroatoms. The number of halogens is 1. The minimum absolute atomic E-state index is 0. The lowest BCUT2D eigenvalue weighted by Crippen LogP contribution is -3.00. The quantitative estimate of drug-likeness (QED) is 0.307. The van der Waals surface area contributed by atoms with E-state index in [9.17, 15) is 0 Å². The number of hydrogen-bond donors (Lipinski definition) is 0. The highest BCUT2D eigenvalue weighted by atomic mass is 35.5. The van der Waals surface area contributed by atoms with Crippen molar-refractivity contribution in [1.29, 1.82) is 5.39 Å². The van der Waals surface area contributed by atoms with Gasteiger partial charge in [-0.2, -0.15) is 0 Å². The Morgan fingerprint density at radius 1 is 0.923 bits per heavy atom.